The van der Waals surface area contributed by atoms with Crippen LogP contribution < -0.4 is 5.32 Å². The third-order valence-electron chi connectivity index (χ3n) is 5.71. The van der Waals surface area contributed by atoms with E-state index in [1.54, 1.807) is 12.1 Å². The zero-order valence-corrected chi connectivity index (χ0v) is 18.6. The highest BCUT2D eigenvalue weighted by Gasteiger charge is 2.16. The minimum atomic E-state index is -0.376. The smallest absolute Gasteiger partial charge is 0.337 e. The molecule has 6 heteroatoms. The number of carbonyl (C=O) groups excluding carboxylic acids is 1. The molecule has 0 spiro atoms. The van der Waals surface area contributed by atoms with Gasteiger partial charge in [0.2, 0.25) is 0 Å². The van der Waals surface area contributed by atoms with E-state index in [1.807, 2.05) is 65.2 Å². The van der Waals surface area contributed by atoms with Gasteiger partial charge in [0.05, 0.1) is 19.3 Å². The van der Waals surface area contributed by atoms with Gasteiger partial charge in [0.25, 0.3) is 0 Å². The summed E-state index contributed by atoms with van der Waals surface area (Å²) in [5.74, 6) is 0.427. The molecule has 0 amide bonds. The molecule has 34 heavy (non-hydrogen) atoms. The average molecular weight is 450 g/mol. The number of hydrogen-bond donors (Lipinski definition) is 2. The number of aromatic nitrogens is 2. The van der Waals surface area contributed by atoms with E-state index < -0.39 is 0 Å². The van der Waals surface area contributed by atoms with Gasteiger partial charge in [0.1, 0.15) is 17.2 Å². The molecule has 0 unspecified atom stereocenters. The lowest BCUT2D eigenvalue weighted by atomic mass is 10.1. The summed E-state index contributed by atoms with van der Waals surface area (Å²) in [6, 6.07) is 29.1. The molecule has 0 saturated heterocycles. The normalized spacial score (nSPS) is 10.9. The van der Waals surface area contributed by atoms with Crippen molar-refractivity contribution in [2.45, 2.75) is 6.61 Å². The highest BCUT2D eigenvalue weighted by atomic mass is 16.5. The van der Waals surface area contributed by atoms with Crippen molar-refractivity contribution in [3.63, 3.8) is 0 Å². The monoisotopic (exact) mass is 449 g/mol. The van der Waals surface area contributed by atoms with Gasteiger partial charge in [-0.15, -0.1) is 0 Å². The molecule has 3 aromatic carbocycles. The second-order valence-corrected chi connectivity index (χ2v) is 7.87. The minimum absolute atomic E-state index is 0.0104. The first-order valence-electron chi connectivity index (χ1n) is 10.9. The van der Waals surface area contributed by atoms with E-state index >= 15 is 0 Å². The number of imidazole rings is 1. The number of hydrogen-bond acceptors (Lipinski definition) is 5. The van der Waals surface area contributed by atoms with Crippen molar-refractivity contribution in [1.29, 1.82) is 0 Å². The van der Waals surface area contributed by atoms with Gasteiger partial charge in [-0.05, 0) is 53.1 Å². The quantitative estimate of drug-likeness (QED) is 0.326. The molecule has 2 N–H and O–H groups in total. The zero-order valence-electron chi connectivity index (χ0n) is 18.6. The summed E-state index contributed by atoms with van der Waals surface area (Å²) in [5, 5.41) is 12.9. The van der Waals surface area contributed by atoms with E-state index in [1.165, 1.54) is 7.11 Å². The standard InChI is InChI=1S/C28H23N3O3/c1-34-28(33)22-11-13-24(14-12-22)29-27-26(21-9-7-19(18-32)8-10-21)30-25-17-23(15-16-31(25)27)20-5-3-2-4-6-20/h2-17,29,32H,18H2,1H3. The van der Waals surface area contributed by atoms with Gasteiger partial charge in [-0.1, -0.05) is 54.6 Å². The first-order chi connectivity index (χ1) is 16.7. The third kappa shape index (κ3) is 4.14. The molecule has 168 valence electrons. The number of nitrogens with one attached hydrogen (secondary N) is 1. The van der Waals surface area contributed by atoms with Gasteiger partial charge in [-0.25, -0.2) is 9.78 Å². The van der Waals surface area contributed by atoms with Crippen molar-refractivity contribution in [3.8, 4) is 22.4 Å². The summed E-state index contributed by atoms with van der Waals surface area (Å²) >= 11 is 0. The molecule has 5 aromatic rings. The van der Waals surface area contributed by atoms with Crippen molar-refractivity contribution >= 4 is 23.1 Å². The van der Waals surface area contributed by atoms with Crippen LogP contribution in [0.4, 0.5) is 11.5 Å². The number of benzene rings is 3. The Balaban J connectivity index is 1.60. The molecule has 0 aliphatic rings. The molecule has 0 atom stereocenters. The maximum absolute atomic E-state index is 11.8. The zero-order chi connectivity index (χ0) is 23.5. The summed E-state index contributed by atoms with van der Waals surface area (Å²) in [6.45, 7) is -0.0104. The van der Waals surface area contributed by atoms with Crippen LogP contribution in [-0.4, -0.2) is 27.6 Å². The van der Waals surface area contributed by atoms with Crippen LogP contribution in [0, 0.1) is 0 Å². The Hall–Kier alpha value is -4.42. The number of pyridine rings is 1. The molecule has 0 radical (unpaired) electrons. The van der Waals surface area contributed by atoms with Crippen molar-refractivity contribution in [1.82, 2.24) is 9.38 Å². The Kier molecular flexibility index (Phi) is 5.81. The Morgan fingerprint density at radius 2 is 1.65 bits per heavy atom. The number of methoxy groups -OCH3 is 1. The molecular formula is C28H23N3O3. The largest absolute Gasteiger partial charge is 0.465 e. The summed E-state index contributed by atoms with van der Waals surface area (Å²) < 4.78 is 6.80. The van der Waals surface area contributed by atoms with E-state index in [4.69, 9.17) is 9.72 Å². The second-order valence-electron chi connectivity index (χ2n) is 7.87. The number of nitrogens with zero attached hydrogens (tertiary/aromatic N) is 2. The fraction of sp³-hybridized carbons (Fsp3) is 0.0714. The number of rotatable bonds is 6. The summed E-state index contributed by atoms with van der Waals surface area (Å²) in [4.78, 5) is 16.7. The number of fused-ring (bicyclic) bond motifs is 1. The maximum Gasteiger partial charge on any atom is 0.337 e. The van der Waals surface area contributed by atoms with Crippen molar-refractivity contribution < 1.29 is 14.6 Å². The topological polar surface area (TPSA) is 75.9 Å². The Morgan fingerprint density at radius 1 is 0.912 bits per heavy atom. The number of esters is 1. The summed E-state index contributed by atoms with van der Waals surface area (Å²) in [6.07, 6.45) is 2.00. The number of aliphatic hydroxyl groups is 1. The van der Waals surface area contributed by atoms with Crippen LogP contribution in [0.25, 0.3) is 28.0 Å². The minimum Gasteiger partial charge on any atom is -0.465 e. The lowest BCUT2D eigenvalue weighted by molar-refractivity contribution is 0.0601. The van der Waals surface area contributed by atoms with Gasteiger partial charge in [-0.2, -0.15) is 0 Å². The lowest BCUT2D eigenvalue weighted by Gasteiger charge is -2.10. The van der Waals surface area contributed by atoms with E-state index in [0.29, 0.717) is 5.56 Å². The first kappa shape index (κ1) is 21.4. The fourth-order valence-corrected chi connectivity index (χ4v) is 3.89. The number of ether oxygens (including phenoxy) is 1. The molecule has 0 aliphatic carbocycles. The molecule has 2 aromatic heterocycles. The van der Waals surface area contributed by atoms with E-state index in [-0.39, 0.29) is 12.6 Å². The average Bonchev–Trinajstić information content (AvgIpc) is 3.26. The van der Waals surface area contributed by atoms with Crippen molar-refractivity contribution in [2.75, 3.05) is 12.4 Å². The van der Waals surface area contributed by atoms with Crippen LogP contribution in [0.1, 0.15) is 15.9 Å². The molecule has 0 aliphatic heterocycles. The Bertz CT molecular complexity index is 1440. The SMILES string of the molecule is COC(=O)c1ccc(Nc2c(-c3ccc(CO)cc3)nc3cc(-c4ccccc4)ccn23)cc1. The second kappa shape index (κ2) is 9.21. The van der Waals surface area contributed by atoms with Gasteiger partial charge in [0, 0.05) is 17.4 Å². The van der Waals surface area contributed by atoms with Crippen LogP contribution in [0.5, 0.6) is 0 Å². The van der Waals surface area contributed by atoms with Gasteiger partial charge in [0.15, 0.2) is 0 Å². The number of aliphatic hydroxyl groups excluding tert-OH is 1. The molecule has 6 nitrogen and oxygen atoms in total. The number of carbonyl (C=O) groups is 1. The third-order valence-corrected chi connectivity index (χ3v) is 5.71. The predicted molar refractivity (Wildman–Crippen MR) is 133 cm³/mol. The molecular weight excluding hydrogens is 426 g/mol. The van der Waals surface area contributed by atoms with Crippen LogP contribution in [0.3, 0.4) is 0 Å². The summed E-state index contributed by atoms with van der Waals surface area (Å²) in [5.41, 5.74) is 6.85. The molecule has 0 bridgehead atoms. The molecule has 2 heterocycles. The predicted octanol–water partition coefficient (Wildman–Crippen LogP) is 5.69. The fourth-order valence-electron chi connectivity index (χ4n) is 3.89. The highest BCUT2D eigenvalue weighted by Crippen LogP contribution is 2.33. The van der Waals surface area contributed by atoms with Crippen molar-refractivity contribution in [2.24, 2.45) is 0 Å². The van der Waals surface area contributed by atoms with E-state index in [2.05, 4.69) is 29.6 Å². The Labute approximate surface area is 197 Å². The van der Waals surface area contributed by atoms with E-state index in [0.717, 1.165) is 45.1 Å². The van der Waals surface area contributed by atoms with Crippen LogP contribution in [0.15, 0.2) is 97.2 Å². The molecule has 0 saturated carbocycles. The number of anilines is 2. The molecule has 0 fully saturated rings. The van der Waals surface area contributed by atoms with Gasteiger partial charge in [-0.3, -0.25) is 4.40 Å². The van der Waals surface area contributed by atoms with Gasteiger partial charge >= 0.3 is 5.97 Å². The van der Waals surface area contributed by atoms with Gasteiger partial charge < -0.3 is 15.2 Å². The lowest BCUT2D eigenvalue weighted by Crippen LogP contribution is -2.02. The first-order valence-corrected chi connectivity index (χ1v) is 10.9. The van der Waals surface area contributed by atoms with E-state index in [9.17, 15) is 9.90 Å². The Morgan fingerprint density at radius 3 is 2.32 bits per heavy atom. The van der Waals surface area contributed by atoms with Crippen molar-refractivity contribution in [3.05, 3.63) is 108 Å². The van der Waals surface area contributed by atoms with Crippen LogP contribution in [-0.2, 0) is 11.3 Å². The maximum atomic E-state index is 11.8. The highest BCUT2D eigenvalue weighted by molar-refractivity contribution is 5.90. The van der Waals surface area contributed by atoms with Crippen LogP contribution in [0.2, 0.25) is 0 Å². The van der Waals surface area contributed by atoms with Crippen LogP contribution >= 0.6 is 0 Å². The summed E-state index contributed by atoms with van der Waals surface area (Å²) in [7, 11) is 1.37. The molecule has 5 rings (SSSR count).